The zero-order chi connectivity index (χ0) is 8.53. The molecule has 0 saturated carbocycles. The molecule has 0 aromatic rings. The standard InChI is InChI=1S/C7H14O4/c1-3-9-5-6-11-7(8)10-4-2/h3-6H2,1-2H3. The molecule has 0 aliphatic carbocycles. The fourth-order valence-electron chi connectivity index (χ4n) is 0.488. The number of carbonyl (C=O) groups is 1. The van der Waals surface area contributed by atoms with E-state index in [-0.39, 0.29) is 6.61 Å². The Morgan fingerprint density at radius 2 is 1.82 bits per heavy atom. The molecule has 0 aromatic heterocycles. The Hall–Kier alpha value is -0.770. The number of rotatable bonds is 5. The monoisotopic (exact) mass is 162 g/mol. The van der Waals surface area contributed by atoms with Crippen LogP contribution in [0, 0.1) is 0 Å². The summed E-state index contributed by atoms with van der Waals surface area (Å²) < 4.78 is 14.0. The molecular weight excluding hydrogens is 148 g/mol. The first-order valence-corrected chi connectivity index (χ1v) is 3.68. The van der Waals surface area contributed by atoms with E-state index in [9.17, 15) is 4.79 Å². The molecule has 0 bridgehead atoms. The molecule has 0 aliphatic rings. The Bertz CT molecular complexity index is 103. The van der Waals surface area contributed by atoms with E-state index in [2.05, 4.69) is 9.47 Å². The number of ether oxygens (including phenoxy) is 3. The lowest BCUT2D eigenvalue weighted by molar-refractivity contribution is 0.0318. The van der Waals surface area contributed by atoms with Crippen LogP contribution in [0.15, 0.2) is 0 Å². The van der Waals surface area contributed by atoms with Crippen molar-refractivity contribution in [2.75, 3.05) is 26.4 Å². The van der Waals surface area contributed by atoms with Crippen molar-refractivity contribution in [1.29, 1.82) is 0 Å². The number of carbonyl (C=O) groups excluding carboxylic acids is 1. The fraction of sp³-hybridized carbons (Fsp3) is 0.857. The summed E-state index contributed by atoms with van der Waals surface area (Å²) in [5.41, 5.74) is 0. The van der Waals surface area contributed by atoms with E-state index in [0.29, 0.717) is 19.8 Å². The maximum absolute atomic E-state index is 10.5. The summed E-state index contributed by atoms with van der Waals surface area (Å²) in [6, 6.07) is 0. The molecule has 0 unspecified atom stereocenters. The largest absolute Gasteiger partial charge is 0.508 e. The van der Waals surface area contributed by atoms with Crippen LogP contribution in [0.4, 0.5) is 4.79 Å². The first-order valence-electron chi connectivity index (χ1n) is 3.68. The smallest absolute Gasteiger partial charge is 0.435 e. The highest BCUT2D eigenvalue weighted by Crippen LogP contribution is 1.84. The molecule has 0 N–H and O–H groups in total. The van der Waals surface area contributed by atoms with Crippen LogP contribution in [0.3, 0.4) is 0 Å². The summed E-state index contributed by atoms with van der Waals surface area (Å²) in [7, 11) is 0. The van der Waals surface area contributed by atoms with Crippen molar-refractivity contribution in [1.82, 2.24) is 0 Å². The van der Waals surface area contributed by atoms with Crippen molar-refractivity contribution in [3.63, 3.8) is 0 Å². The SMILES string of the molecule is CCOCCOC(=O)OCC. The zero-order valence-corrected chi connectivity index (χ0v) is 6.96. The molecule has 0 radical (unpaired) electrons. The first-order chi connectivity index (χ1) is 5.31. The Balaban J connectivity index is 3.04. The molecule has 11 heavy (non-hydrogen) atoms. The van der Waals surface area contributed by atoms with Crippen molar-refractivity contribution in [2.45, 2.75) is 13.8 Å². The van der Waals surface area contributed by atoms with Gasteiger partial charge in [0, 0.05) is 6.61 Å². The molecule has 0 aromatic carbocycles. The molecule has 0 rings (SSSR count). The van der Waals surface area contributed by atoms with Crippen molar-refractivity contribution in [3.8, 4) is 0 Å². The van der Waals surface area contributed by atoms with Gasteiger partial charge in [-0.25, -0.2) is 4.79 Å². The molecule has 0 amide bonds. The van der Waals surface area contributed by atoms with Crippen molar-refractivity contribution < 1.29 is 19.0 Å². The van der Waals surface area contributed by atoms with Gasteiger partial charge < -0.3 is 14.2 Å². The summed E-state index contributed by atoms with van der Waals surface area (Å²) in [4.78, 5) is 10.5. The molecule has 0 saturated heterocycles. The topological polar surface area (TPSA) is 44.8 Å². The van der Waals surface area contributed by atoms with Crippen LogP contribution in [0.5, 0.6) is 0 Å². The highest BCUT2D eigenvalue weighted by Gasteiger charge is 1.99. The average molecular weight is 162 g/mol. The van der Waals surface area contributed by atoms with Crippen LogP contribution >= 0.6 is 0 Å². The molecule has 4 heteroatoms. The van der Waals surface area contributed by atoms with Gasteiger partial charge in [0.1, 0.15) is 6.61 Å². The summed E-state index contributed by atoms with van der Waals surface area (Å²) >= 11 is 0. The normalized spacial score (nSPS) is 9.27. The van der Waals surface area contributed by atoms with Crippen molar-refractivity contribution in [3.05, 3.63) is 0 Å². The minimum atomic E-state index is -0.632. The maximum atomic E-state index is 10.5. The van der Waals surface area contributed by atoms with E-state index in [1.807, 2.05) is 6.92 Å². The second kappa shape index (κ2) is 7.34. The second-order valence-corrected chi connectivity index (χ2v) is 1.73. The van der Waals surface area contributed by atoms with Gasteiger partial charge in [-0.05, 0) is 13.8 Å². The molecule has 0 heterocycles. The molecular formula is C7H14O4. The summed E-state index contributed by atoms with van der Waals surface area (Å²) in [5.74, 6) is 0. The van der Waals surface area contributed by atoms with Crippen LogP contribution in [-0.2, 0) is 14.2 Å². The van der Waals surface area contributed by atoms with Gasteiger partial charge in [0.2, 0.25) is 0 Å². The lowest BCUT2D eigenvalue weighted by Crippen LogP contribution is -2.11. The highest BCUT2D eigenvalue weighted by molar-refractivity contribution is 5.59. The summed E-state index contributed by atoms with van der Waals surface area (Å²) in [6.45, 7) is 5.26. The Kier molecular flexibility index (Phi) is 6.82. The maximum Gasteiger partial charge on any atom is 0.508 e. The van der Waals surface area contributed by atoms with Gasteiger partial charge >= 0.3 is 6.16 Å². The fourth-order valence-corrected chi connectivity index (χ4v) is 0.488. The van der Waals surface area contributed by atoms with Gasteiger partial charge in [-0.1, -0.05) is 0 Å². The molecule has 4 nitrogen and oxygen atoms in total. The van der Waals surface area contributed by atoms with Crippen LogP contribution in [0.1, 0.15) is 13.8 Å². The predicted molar refractivity (Wildman–Crippen MR) is 39.5 cm³/mol. The summed E-state index contributed by atoms with van der Waals surface area (Å²) in [5, 5.41) is 0. The Labute approximate surface area is 66.4 Å². The number of hydrogen-bond acceptors (Lipinski definition) is 4. The van der Waals surface area contributed by atoms with E-state index >= 15 is 0 Å². The third-order valence-electron chi connectivity index (χ3n) is 0.914. The predicted octanol–water partition coefficient (Wildman–Crippen LogP) is 1.20. The average Bonchev–Trinajstić information content (AvgIpc) is 1.99. The van der Waals surface area contributed by atoms with Crippen LogP contribution in [0.25, 0.3) is 0 Å². The van der Waals surface area contributed by atoms with E-state index < -0.39 is 6.16 Å². The minimum Gasteiger partial charge on any atom is -0.435 e. The van der Waals surface area contributed by atoms with Crippen LogP contribution in [-0.4, -0.2) is 32.6 Å². The van der Waals surface area contributed by atoms with Gasteiger partial charge in [0.25, 0.3) is 0 Å². The highest BCUT2D eigenvalue weighted by atomic mass is 16.7. The van der Waals surface area contributed by atoms with Crippen LogP contribution < -0.4 is 0 Å². The van der Waals surface area contributed by atoms with E-state index in [0.717, 1.165) is 0 Å². The third kappa shape index (κ3) is 7.12. The lowest BCUT2D eigenvalue weighted by atomic mass is 10.7. The molecule has 0 fully saturated rings. The first kappa shape index (κ1) is 10.2. The van der Waals surface area contributed by atoms with E-state index in [4.69, 9.17) is 4.74 Å². The van der Waals surface area contributed by atoms with Crippen LogP contribution in [0.2, 0.25) is 0 Å². The molecule has 0 aliphatic heterocycles. The second-order valence-electron chi connectivity index (χ2n) is 1.73. The Morgan fingerprint density at radius 3 is 2.36 bits per heavy atom. The lowest BCUT2D eigenvalue weighted by Gasteiger charge is -2.03. The number of hydrogen-bond donors (Lipinski definition) is 0. The van der Waals surface area contributed by atoms with Crippen molar-refractivity contribution >= 4 is 6.16 Å². The van der Waals surface area contributed by atoms with Gasteiger partial charge in [-0.15, -0.1) is 0 Å². The molecule has 0 spiro atoms. The molecule has 0 atom stereocenters. The van der Waals surface area contributed by atoms with Gasteiger partial charge in [-0.2, -0.15) is 0 Å². The minimum absolute atomic E-state index is 0.257. The van der Waals surface area contributed by atoms with E-state index in [1.165, 1.54) is 0 Å². The van der Waals surface area contributed by atoms with Gasteiger partial charge in [0.05, 0.1) is 13.2 Å². The summed E-state index contributed by atoms with van der Waals surface area (Å²) in [6.07, 6.45) is -0.632. The third-order valence-corrected chi connectivity index (χ3v) is 0.914. The van der Waals surface area contributed by atoms with Crippen molar-refractivity contribution in [2.24, 2.45) is 0 Å². The Morgan fingerprint density at radius 1 is 1.09 bits per heavy atom. The quantitative estimate of drug-likeness (QED) is 0.450. The van der Waals surface area contributed by atoms with E-state index in [1.54, 1.807) is 6.92 Å². The zero-order valence-electron chi connectivity index (χ0n) is 6.96. The van der Waals surface area contributed by atoms with Gasteiger partial charge in [-0.3, -0.25) is 0 Å². The molecule has 66 valence electrons. The van der Waals surface area contributed by atoms with Gasteiger partial charge in [0.15, 0.2) is 0 Å².